The molecule has 0 aromatic heterocycles. The molecule has 0 bridgehead atoms. The standard InChI is InChI=1S/C20H16FN3O6S/c1-30-17-10-5-12(21)11-16(17)23-20(25)19-15(22)3-2-4-18(19)31(28,29)14-8-6-13(7-9-14)24(26)27/h2-11H,22H2,1H3,(H,23,25). The number of hydrogen-bond donors (Lipinski definition) is 2. The number of hydrogen-bond acceptors (Lipinski definition) is 7. The quantitative estimate of drug-likeness (QED) is 0.336. The first kappa shape index (κ1) is 21.7. The lowest BCUT2D eigenvalue weighted by molar-refractivity contribution is -0.384. The van der Waals surface area contributed by atoms with Gasteiger partial charge in [0, 0.05) is 23.9 Å². The van der Waals surface area contributed by atoms with Crippen molar-refractivity contribution in [1.82, 2.24) is 0 Å². The number of carbonyl (C=O) groups is 1. The van der Waals surface area contributed by atoms with E-state index in [9.17, 15) is 27.7 Å². The van der Waals surface area contributed by atoms with Crippen molar-refractivity contribution in [3.63, 3.8) is 0 Å². The highest BCUT2D eigenvalue weighted by atomic mass is 32.2. The summed E-state index contributed by atoms with van der Waals surface area (Å²) in [6.07, 6.45) is 0. The lowest BCUT2D eigenvalue weighted by Gasteiger charge is -2.15. The first-order valence-corrected chi connectivity index (χ1v) is 10.2. The van der Waals surface area contributed by atoms with Crippen LogP contribution in [0.25, 0.3) is 0 Å². The minimum absolute atomic E-state index is 0.0190. The Hall–Kier alpha value is -3.99. The summed E-state index contributed by atoms with van der Waals surface area (Å²) in [6.45, 7) is 0. The molecule has 0 heterocycles. The number of rotatable bonds is 6. The molecule has 0 atom stereocenters. The van der Waals surface area contributed by atoms with Gasteiger partial charge in [-0.15, -0.1) is 0 Å². The van der Waals surface area contributed by atoms with E-state index in [1.165, 1.54) is 31.4 Å². The third-order valence-corrected chi connectivity index (χ3v) is 6.15. The number of sulfone groups is 1. The summed E-state index contributed by atoms with van der Waals surface area (Å²) < 4.78 is 45.0. The highest BCUT2D eigenvalue weighted by Gasteiger charge is 2.27. The number of nitrogens with zero attached hydrogens (tertiary/aromatic N) is 1. The number of methoxy groups -OCH3 is 1. The van der Waals surface area contributed by atoms with Crippen molar-refractivity contribution in [2.75, 3.05) is 18.2 Å². The molecule has 3 aromatic rings. The Morgan fingerprint density at radius 2 is 1.81 bits per heavy atom. The summed E-state index contributed by atoms with van der Waals surface area (Å²) in [7, 11) is -2.94. The summed E-state index contributed by atoms with van der Waals surface area (Å²) >= 11 is 0. The number of ether oxygens (including phenoxy) is 1. The predicted octanol–water partition coefficient (Wildman–Crippen LogP) is 3.41. The highest BCUT2D eigenvalue weighted by Crippen LogP contribution is 2.31. The third-order valence-electron chi connectivity index (χ3n) is 4.34. The van der Waals surface area contributed by atoms with Crippen molar-refractivity contribution in [2.45, 2.75) is 9.79 Å². The fourth-order valence-electron chi connectivity index (χ4n) is 2.85. The van der Waals surface area contributed by atoms with Crippen LogP contribution < -0.4 is 15.8 Å². The van der Waals surface area contributed by atoms with Crippen molar-refractivity contribution < 1.29 is 27.3 Å². The van der Waals surface area contributed by atoms with Crippen LogP contribution >= 0.6 is 0 Å². The number of carbonyl (C=O) groups excluding carboxylic acids is 1. The van der Waals surface area contributed by atoms with Crippen molar-refractivity contribution in [1.29, 1.82) is 0 Å². The Balaban J connectivity index is 2.07. The molecule has 3 aromatic carbocycles. The topological polar surface area (TPSA) is 142 Å². The number of benzene rings is 3. The molecular weight excluding hydrogens is 429 g/mol. The predicted molar refractivity (Wildman–Crippen MR) is 110 cm³/mol. The zero-order valence-electron chi connectivity index (χ0n) is 16.0. The Bertz CT molecular complexity index is 1280. The second-order valence-electron chi connectivity index (χ2n) is 6.27. The maximum absolute atomic E-state index is 13.6. The van der Waals surface area contributed by atoms with Crippen LogP contribution in [0.4, 0.5) is 21.5 Å². The van der Waals surface area contributed by atoms with Crippen molar-refractivity contribution >= 4 is 32.8 Å². The van der Waals surface area contributed by atoms with Gasteiger partial charge in [0.1, 0.15) is 11.6 Å². The van der Waals surface area contributed by atoms with Gasteiger partial charge in [-0.1, -0.05) is 6.07 Å². The van der Waals surface area contributed by atoms with E-state index in [0.29, 0.717) is 0 Å². The van der Waals surface area contributed by atoms with Crippen LogP contribution in [-0.4, -0.2) is 26.4 Å². The Morgan fingerprint density at radius 1 is 1.13 bits per heavy atom. The van der Waals surface area contributed by atoms with Gasteiger partial charge in [-0.25, -0.2) is 12.8 Å². The fourth-order valence-corrected chi connectivity index (χ4v) is 4.34. The zero-order chi connectivity index (χ0) is 22.8. The molecule has 1 amide bonds. The number of nitro groups is 1. The summed E-state index contributed by atoms with van der Waals surface area (Å²) in [6, 6.07) is 11.5. The van der Waals surface area contributed by atoms with E-state index in [0.717, 1.165) is 36.4 Å². The number of nitrogens with two attached hydrogens (primary N) is 1. The van der Waals surface area contributed by atoms with E-state index in [2.05, 4.69) is 5.32 Å². The van der Waals surface area contributed by atoms with E-state index in [4.69, 9.17) is 10.5 Å². The van der Waals surface area contributed by atoms with E-state index in [1.807, 2.05) is 0 Å². The van der Waals surface area contributed by atoms with Gasteiger partial charge < -0.3 is 15.8 Å². The molecule has 0 aliphatic heterocycles. The maximum Gasteiger partial charge on any atom is 0.269 e. The Kier molecular flexibility index (Phi) is 5.88. The van der Waals surface area contributed by atoms with Crippen molar-refractivity contribution in [3.8, 4) is 5.75 Å². The van der Waals surface area contributed by atoms with Gasteiger partial charge in [-0.2, -0.15) is 0 Å². The van der Waals surface area contributed by atoms with Crippen LogP contribution in [0.3, 0.4) is 0 Å². The molecule has 0 unspecified atom stereocenters. The lowest BCUT2D eigenvalue weighted by atomic mass is 10.1. The normalized spacial score (nSPS) is 11.0. The summed E-state index contributed by atoms with van der Waals surface area (Å²) in [4.78, 5) is 22.4. The van der Waals surface area contributed by atoms with E-state index in [-0.39, 0.29) is 33.3 Å². The molecular formula is C20H16FN3O6S. The first-order valence-electron chi connectivity index (χ1n) is 8.68. The molecule has 9 nitrogen and oxygen atoms in total. The molecule has 0 spiro atoms. The number of non-ortho nitro benzene ring substituents is 1. The summed E-state index contributed by atoms with van der Waals surface area (Å²) in [5.74, 6) is -1.39. The van der Waals surface area contributed by atoms with E-state index < -0.39 is 31.4 Å². The molecule has 11 heteroatoms. The third kappa shape index (κ3) is 4.31. The van der Waals surface area contributed by atoms with Crippen LogP contribution in [0.5, 0.6) is 5.75 Å². The summed E-state index contributed by atoms with van der Waals surface area (Å²) in [5, 5.41) is 13.2. The molecule has 31 heavy (non-hydrogen) atoms. The first-order chi connectivity index (χ1) is 14.6. The van der Waals surface area contributed by atoms with Gasteiger partial charge in [0.25, 0.3) is 11.6 Å². The monoisotopic (exact) mass is 445 g/mol. The highest BCUT2D eigenvalue weighted by molar-refractivity contribution is 7.91. The van der Waals surface area contributed by atoms with Gasteiger partial charge in [0.2, 0.25) is 9.84 Å². The van der Waals surface area contributed by atoms with Gasteiger partial charge >= 0.3 is 0 Å². The summed E-state index contributed by atoms with van der Waals surface area (Å²) in [5.41, 5.74) is 5.10. The average molecular weight is 445 g/mol. The Morgan fingerprint density at radius 3 is 2.42 bits per heavy atom. The lowest BCUT2D eigenvalue weighted by Crippen LogP contribution is -2.19. The zero-order valence-corrected chi connectivity index (χ0v) is 16.9. The minimum atomic E-state index is -4.26. The van der Waals surface area contributed by atoms with Crippen LogP contribution in [0.2, 0.25) is 0 Å². The molecule has 160 valence electrons. The maximum atomic E-state index is 13.6. The fraction of sp³-hybridized carbons (Fsp3) is 0.0500. The number of nitrogens with one attached hydrogen (secondary N) is 1. The molecule has 0 radical (unpaired) electrons. The van der Waals surface area contributed by atoms with Gasteiger partial charge in [-0.05, 0) is 36.4 Å². The molecule has 0 aliphatic carbocycles. The van der Waals surface area contributed by atoms with Gasteiger partial charge in [0.05, 0.1) is 33.1 Å². The van der Waals surface area contributed by atoms with Gasteiger partial charge in [0.15, 0.2) is 0 Å². The number of nitro benzene ring substituents is 1. The van der Waals surface area contributed by atoms with E-state index in [1.54, 1.807) is 0 Å². The largest absolute Gasteiger partial charge is 0.495 e. The van der Waals surface area contributed by atoms with Gasteiger partial charge in [-0.3, -0.25) is 14.9 Å². The van der Waals surface area contributed by atoms with E-state index >= 15 is 0 Å². The number of anilines is 2. The van der Waals surface area contributed by atoms with Crippen molar-refractivity contribution in [3.05, 3.63) is 82.2 Å². The van der Waals surface area contributed by atoms with Crippen LogP contribution in [0.15, 0.2) is 70.5 Å². The molecule has 0 saturated carbocycles. The molecule has 3 rings (SSSR count). The molecule has 3 N–H and O–H groups in total. The molecule has 0 fully saturated rings. The second-order valence-corrected chi connectivity index (χ2v) is 8.19. The SMILES string of the molecule is COc1ccc(F)cc1NC(=O)c1c(N)cccc1S(=O)(=O)c1ccc([N+](=O)[O-])cc1. The number of amides is 1. The smallest absolute Gasteiger partial charge is 0.269 e. The Labute approximate surface area is 176 Å². The average Bonchev–Trinajstić information content (AvgIpc) is 2.73. The molecule has 0 saturated heterocycles. The van der Waals surface area contributed by atoms with Crippen LogP contribution in [-0.2, 0) is 9.84 Å². The second kappa shape index (κ2) is 8.40. The van der Waals surface area contributed by atoms with Crippen LogP contribution in [0.1, 0.15) is 10.4 Å². The minimum Gasteiger partial charge on any atom is -0.495 e. The molecule has 0 aliphatic rings. The van der Waals surface area contributed by atoms with Crippen molar-refractivity contribution in [2.24, 2.45) is 0 Å². The van der Waals surface area contributed by atoms with Crippen LogP contribution in [0, 0.1) is 15.9 Å². The number of halogens is 1. The number of nitrogen functional groups attached to an aromatic ring is 1.